The second kappa shape index (κ2) is 6.42. The van der Waals surface area contributed by atoms with E-state index in [4.69, 9.17) is 0 Å². The van der Waals surface area contributed by atoms with Gasteiger partial charge in [-0.1, -0.05) is 60.7 Å². The number of benzene rings is 2. The molecule has 2 saturated heterocycles. The molecule has 2 unspecified atom stereocenters. The van der Waals surface area contributed by atoms with Crippen LogP contribution in [0, 0.1) is 17.2 Å². The maximum absolute atomic E-state index is 10.3. The maximum atomic E-state index is 10.3. The van der Waals surface area contributed by atoms with Crippen LogP contribution in [-0.4, -0.2) is 12.1 Å². The Morgan fingerprint density at radius 2 is 1.38 bits per heavy atom. The smallest absolute Gasteiger partial charge is 0.107 e. The predicted octanol–water partition coefficient (Wildman–Crippen LogP) is 4.42. The highest BCUT2D eigenvalue weighted by Crippen LogP contribution is 2.43. The zero-order valence-corrected chi connectivity index (χ0v) is 14.0. The van der Waals surface area contributed by atoms with Crippen molar-refractivity contribution in [3.63, 3.8) is 0 Å². The van der Waals surface area contributed by atoms with Crippen LogP contribution >= 0.6 is 0 Å². The van der Waals surface area contributed by atoms with Crippen molar-refractivity contribution in [2.75, 3.05) is 0 Å². The van der Waals surface area contributed by atoms with Crippen LogP contribution in [0.2, 0.25) is 0 Å². The summed E-state index contributed by atoms with van der Waals surface area (Å²) in [5, 5.41) is 14.0. The monoisotopic (exact) mass is 316 g/mol. The van der Waals surface area contributed by atoms with Crippen molar-refractivity contribution < 1.29 is 0 Å². The van der Waals surface area contributed by atoms with Gasteiger partial charge in [-0.3, -0.25) is 0 Å². The van der Waals surface area contributed by atoms with Gasteiger partial charge in [-0.2, -0.15) is 5.26 Å². The summed E-state index contributed by atoms with van der Waals surface area (Å²) in [6.07, 6.45) is 5.94. The van der Waals surface area contributed by atoms with E-state index in [2.05, 4.69) is 59.9 Å². The molecule has 4 rings (SSSR count). The number of fused-ring (bicyclic) bond motifs is 2. The Morgan fingerprint density at radius 1 is 0.875 bits per heavy atom. The Bertz CT molecular complexity index is 665. The van der Waals surface area contributed by atoms with Gasteiger partial charge in [0, 0.05) is 12.1 Å². The van der Waals surface area contributed by atoms with Gasteiger partial charge in [-0.05, 0) is 49.1 Å². The van der Waals surface area contributed by atoms with E-state index < -0.39 is 5.41 Å². The summed E-state index contributed by atoms with van der Waals surface area (Å²) in [5.41, 5.74) is 1.72. The average molecular weight is 316 g/mol. The lowest BCUT2D eigenvalue weighted by molar-refractivity contribution is 0.264. The molecule has 24 heavy (non-hydrogen) atoms. The lowest BCUT2D eigenvalue weighted by atomic mass is 9.68. The molecule has 2 aromatic rings. The summed E-state index contributed by atoms with van der Waals surface area (Å²) >= 11 is 0. The van der Waals surface area contributed by atoms with Gasteiger partial charge in [0.25, 0.3) is 0 Å². The quantitative estimate of drug-likeness (QED) is 0.906. The van der Waals surface area contributed by atoms with E-state index in [1.165, 1.54) is 25.7 Å². The van der Waals surface area contributed by atoms with Crippen LogP contribution in [0.4, 0.5) is 0 Å². The first-order valence-electron chi connectivity index (χ1n) is 9.08. The molecule has 2 heteroatoms. The van der Waals surface area contributed by atoms with Crippen LogP contribution in [0.5, 0.6) is 0 Å². The largest absolute Gasteiger partial charge is 0.311 e. The molecule has 1 N–H and O–H groups in total. The molecule has 0 aliphatic carbocycles. The molecule has 2 nitrogen and oxygen atoms in total. The first kappa shape index (κ1) is 15.4. The summed E-state index contributed by atoms with van der Waals surface area (Å²) in [4.78, 5) is 0. The van der Waals surface area contributed by atoms with E-state index >= 15 is 0 Å². The van der Waals surface area contributed by atoms with Crippen molar-refractivity contribution in [2.24, 2.45) is 5.92 Å². The van der Waals surface area contributed by atoms with Crippen molar-refractivity contribution in [1.82, 2.24) is 5.32 Å². The highest BCUT2D eigenvalue weighted by atomic mass is 15.0. The Balaban J connectivity index is 1.72. The number of nitrogens with zero attached hydrogens (tertiary/aromatic N) is 1. The molecule has 0 saturated carbocycles. The second-order valence-corrected chi connectivity index (χ2v) is 7.43. The molecule has 2 heterocycles. The van der Waals surface area contributed by atoms with Crippen molar-refractivity contribution in [3.05, 3.63) is 71.8 Å². The first-order valence-corrected chi connectivity index (χ1v) is 9.08. The van der Waals surface area contributed by atoms with Crippen LogP contribution < -0.4 is 5.32 Å². The minimum absolute atomic E-state index is 0.538. The summed E-state index contributed by atoms with van der Waals surface area (Å²) in [5.74, 6) is 0.615. The van der Waals surface area contributed by atoms with E-state index in [9.17, 15) is 5.26 Å². The third kappa shape index (κ3) is 2.74. The van der Waals surface area contributed by atoms with Gasteiger partial charge in [0.1, 0.15) is 5.41 Å². The van der Waals surface area contributed by atoms with Gasteiger partial charge >= 0.3 is 0 Å². The molecule has 2 aromatic carbocycles. The van der Waals surface area contributed by atoms with E-state index in [0.29, 0.717) is 18.0 Å². The summed E-state index contributed by atoms with van der Waals surface area (Å²) < 4.78 is 0. The van der Waals surface area contributed by atoms with Crippen LogP contribution in [0.1, 0.15) is 43.2 Å². The van der Waals surface area contributed by atoms with Crippen LogP contribution in [-0.2, 0) is 5.41 Å². The molecular formula is C22H24N2. The number of hydrogen-bond donors (Lipinski definition) is 1. The summed E-state index contributed by atoms with van der Waals surface area (Å²) in [7, 11) is 0. The van der Waals surface area contributed by atoms with Gasteiger partial charge in [-0.15, -0.1) is 0 Å². The van der Waals surface area contributed by atoms with E-state index in [-0.39, 0.29) is 0 Å². The Hall–Kier alpha value is -2.11. The minimum Gasteiger partial charge on any atom is -0.311 e. The maximum Gasteiger partial charge on any atom is 0.107 e. The molecule has 0 spiro atoms. The lowest BCUT2D eigenvalue weighted by Crippen LogP contribution is -2.40. The molecular weight excluding hydrogens is 292 g/mol. The van der Waals surface area contributed by atoms with Gasteiger partial charge < -0.3 is 5.32 Å². The van der Waals surface area contributed by atoms with E-state index in [1.807, 2.05) is 12.1 Å². The number of piperidine rings is 1. The average Bonchev–Trinajstić information content (AvgIpc) is 2.99. The molecule has 2 aliphatic heterocycles. The molecule has 2 fully saturated rings. The Kier molecular flexibility index (Phi) is 4.12. The van der Waals surface area contributed by atoms with Gasteiger partial charge in [0.2, 0.25) is 0 Å². The third-order valence-electron chi connectivity index (χ3n) is 5.89. The first-order chi connectivity index (χ1) is 11.8. The van der Waals surface area contributed by atoms with Crippen LogP contribution in [0.3, 0.4) is 0 Å². The molecule has 122 valence electrons. The van der Waals surface area contributed by atoms with Crippen molar-refractivity contribution in [3.8, 4) is 6.07 Å². The standard InChI is InChI=1S/C22H24N2/c23-16-22(18-7-3-1-4-8-18,19-9-5-2-6-10-19)15-17-13-20-11-12-21(14-17)24-20/h1-10,17,20-21,24H,11-15H2. The zero-order chi connectivity index (χ0) is 16.4. The number of rotatable bonds is 4. The number of nitriles is 1. The normalized spacial score (nSPS) is 26.0. The highest BCUT2D eigenvalue weighted by molar-refractivity contribution is 5.45. The van der Waals surface area contributed by atoms with Gasteiger partial charge in [0.15, 0.2) is 0 Å². The Labute approximate surface area is 144 Å². The fraction of sp³-hybridized carbons (Fsp3) is 0.409. The fourth-order valence-corrected chi connectivity index (χ4v) is 4.80. The second-order valence-electron chi connectivity index (χ2n) is 7.43. The van der Waals surface area contributed by atoms with Gasteiger partial charge in [-0.25, -0.2) is 0 Å². The molecule has 2 atom stereocenters. The van der Waals surface area contributed by atoms with Crippen LogP contribution in [0.15, 0.2) is 60.7 Å². The molecule has 2 aliphatic rings. The van der Waals surface area contributed by atoms with Crippen molar-refractivity contribution in [2.45, 2.75) is 49.6 Å². The molecule has 0 amide bonds. The van der Waals surface area contributed by atoms with E-state index in [1.54, 1.807) is 0 Å². The fourth-order valence-electron chi connectivity index (χ4n) is 4.80. The molecule has 2 bridgehead atoms. The van der Waals surface area contributed by atoms with Gasteiger partial charge in [0.05, 0.1) is 6.07 Å². The van der Waals surface area contributed by atoms with E-state index in [0.717, 1.165) is 17.5 Å². The van der Waals surface area contributed by atoms with Crippen molar-refractivity contribution in [1.29, 1.82) is 5.26 Å². The summed E-state index contributed by atoms with van der Waals surface area (Å²) in [6, 6.07) is 24.8. The SMILES string of the molecule is N#CC(CC1CC2CCC(C1)N2)(c1ccccc1)c1ccccc1. The lowest BCUT2D eigenvalue weighted by Gasteiger charge is -2.36. The third-order valence-corrected chi connectivity index (χ3v) is 5.89. The molecule has 0 aromatic heterocycles. The molecule has 0 radical (unpaired) electrons. The van der Waals surface area contributed by atoms with Crippen molar-refractivity contribution >= 4 is 0 Å². The summed E-state index contributed by atoms with van der Waals surface area (Å²) in [6.45, 7) is 0. The van der Waals surface area contributed by atoms with Crippen LogP contribution in [0.25, 0.3) is 0 Å². The number of nitrogens with one attached hydrogen (secondary N) is 1. The number of hydrogen-bond acceptors (Lipinski definition) is 2. The Morgan fingerprint density at radius 3 is 1.83 bits per heavy atom. The zero-order valence-electron chi connectivity index (χ0n) is 14.0. The minimum atomic E-state index is -0.538. The highest BCUT2D eigenvalue weighted by Gasteiger charge is 2.41. The topological polar surface area (TPSA) is 35.8 Å². The predicted molar refractivity (Wildman–Crippen MR) is 96.6 cm³/mol.